The summed E-state index contributed by atoms with van der Waals surface area (Å²) in [4.78, 5) is 17.2. The molecular formula is C23H24ClFN4O2. The summed E-state index contributed by atoms with van der Waals surface area (Å²) in [6.45, 7) is 4.95. The van der Waals surface area contributed by atoms with Crippen molar-refractivity contribution in [3.05, 3.63) is 71.3 Å². The van der Waals surface area contributed by atoms with Crippen LogP contribution in [0.15, 0.2) is 54.7 Å². The molecule has 1 aromatic heterocycles. The van der Waals surface area contributed by atoms with Crippen LogP contribution < -0.4 is 9.64 Å². The predicted molar refractivity (Wildman–Crippen MR) is 119 cm³/mol. The van der Waals surface area contributed by atoms with Crippen LogP contribution in [0.2, 0.25) is 5.02 Å². The van der Waals surface area contributed by atoms with Crippen molar-refractivity contribution < 1.29 is 13.9 Å². The van der Waals surface area contributed by atoms with Crippen molar-refractivity contribution >= 4 is 23.2 Å². The first-order chi connectivity index (χ1) is 15.1. The van der Waals surface area contributed by atoms with Gasteiger partial charge < -0.3 is 14.5 Å². The second-order valence-corrected chi connectivity index (χ2v) is 7.75. The van der Waals surface area contributed by atoms with E-state index >= 15 is 0 Å². The van der Waals surface area contributed by atoms with Gasteiger partial charge in [-0.3, -0.25) is 4.79 Å². The molecule has 0 bridgehead atoms. The highest BCUT2D eigenvalue weighted by atomic mass is 35.5. The minimum Gasteiger partial charge on any atom is -0.489 e. The van der Waals surface area contributed by atoms with Crippen molar-refractivity contribution in [2.45, 2.75) is 13.3 Å². The molecule has 3 aromatic rings. The van der Waals surface area contributed by atoms with Crippen LogP contribution in [0.1, 0.15) is 23.8 Å². The molecule has 2 aromatic carbocycles. The maximum absolute atomic E-state index is 13.3. The molecular weight excluding hydrogens is 419 g/mol. The van der Waals surface area contributed by atoms with E-state index in [1.54, 1.807) is 27.9 Å². The number of aromatic nitrogens is 2. The third-order valence-electron chi connectivity index (χ3n) is 5.20. The monoisotopic (exact) mass is 442 g/mol. The first-order valence-corrected chi connectivity index (χ1v) is 10.7. The molecule has 0 spiro atoms. The summed E-state index contributed by atoms with van der Waals surface area (Å²) in [6.07, 6.45) is 2.49. The van der Waals surface area contributed by atoms with Gasteiger partial charge in [0.2, 0.25) is 0 Å². The van der Waals surface area contributed by atoms with Gasteiger partial charge in [0.1, 0.15) is 5.82 Å². The summed E-state index contributed by atoms with van der Waals surface area (Å²) < 4.78 is 20.6. The molecule has 0 aliphatic carbocycles. The van der Waals surface area contributed by atoms with Gasteiger partial charge in [0.05, 0.1) is 29.2 Å². The lowest BCUT2D eigenvalue weighted by Crippen LogP contribution is -2.49. The van der Waals surface area contributed by atoms with E-state index in [4.69, 9.17) is 16.3 Å². The van der Waals surface area contributed by atoms with Crippen LogP contribution in [0.25, 0.3) is 5.69 Å². The van der Waals surface area contributed by atoms with E-state index in [-0.39, 0.29) is 17.4 Å². The third-order valence-corrected chi connectivity index (χ3v) is 5.52. The number of rotatable bonds is 6. The number of hydrogen-bond donors (Lipinski definition) is 0. The number of anilines is 1. The van der Waals surface area contributed by atoms with Crippen LogP contribution in [0.5, 0.6) is 5.75 Å². The largest absolute Gasteiger partial charge is 0.489 e. The SMILES string of the molecule is CCCOc1cn(-c2ccc(F)cc2)nc1C(=O)N1CCN(c2ccccc2Cl)CC1. The van der Waals surface area contributed by atoms with E-state index in [2.05, 4.69) is 10.00 Å². The summed E-state index contributed by atoms with van der Waals surface area (Å²) in [5, 5.41) is 5.18. The third kappa shape index (κ3) is 4.66. The minimum atomic E-state index is -0.328. The van der Waals surface area contributed by atoms with Crippen LogP contribution >= 0.6 is 11.6 Å². The van der Waals surface area contributed by atoms with E-state index in [1.165, 1.54) is 12.1 Å². The Morgan fingerprint density at radius 2 is 1.81 bits per heavy atom. The number of hydrogen-bond acceptors (Lipinski definition) is 4. The number of piperazine rings is 1. The second kappa shape index (κ2) is 9.39. The van der Waals surface area contributed by atoms with Gasteiger partial charge in [-0.15, -0.1) is 0 Å². The molecule has 0 atom stereocenters. The van der Waals surface area contributed by atoms with Crippen molar-refractivity contribution in [3.8, 4) is 11.4 Å². The highest BCUT2D eigenvalue weighted by Crippen LogP contribution is 2.27. The Bertz CT molecular complexity index is 1050. The molecule has 8 heteroatoms. The van der Waals surface area contributed by atoms with Gasteiger partial charge in [-0.1, -0.05) is 30.7 Å². The lowest BCUT2D eigenvalue weighted by molar-refractivity contribution is 0.0736. The molecule has 0 unspecified atom stereocenters. The Kier molecular flexibility index (Phi) is 6.42. The smallest absolute Gasteiger partial charge is 0.278 e. The summed E-state index contributed by atoms with van der Waals surface area (Å²) in [5.74, 6) is -0.0680. The summed E-state index contributed by atoms with van der Waals surface area (Å²) in [7, 11) is 0. The standard InChI is InChI=1S/C23H24ClFN4O2/c1-2-15-31-21-16-29(18-9-7-17(25)8-10-18)26-22(21)23(30)28-13-11-27(12-14-28)20-6-4-3-5-19(20)24/h3-10,16H,2,11-15H2,1H3. The Balaban J connectivity index is 1.52. The molecule has 1 aliphatic rings. The Morgan fingerprint density at radius 3 is 2.48 bits per heavy atom. The van der Waals surface area contributed by atoms with E-state index in [9.17, 15) is 9.18 Å². The number of carbonyl (C=O) groups excluding carboxylic acids is 1. The van der Waals surface area contributed by atoms with Gasteiger partial charge in [0, 0.05) is 26.2 Å². The fourth-order valence-corrected chi connectivity index (χ4v) is 3.81. The van der Waals surface area contributed by atoms with Crippen molar-refractivity contribution in [1.29, 1.82) is 0 Å². The van der Waals surface area contributed by atoms with Gasteiger partial charge in [-0.25, -0.2) is 9.07 Å². The zero-order chi connectivity index (χ0) is 21.8. The zero-order valence-electron chi connectivity index (χ0n) is 17.3. The number of halogens is 2. The molecule has 1 fully saturated rings. The van der Waals surface area contributed by atoms with Crippen molar-refractivity contribution in [2.24, 2.45) is 0 Å². The average molecular weight is 443 g/mol. The lowest BCUT2D eigenvalue weighted by atomic mass is 10.2. The quantitative estimate of drug-likeness (QED) is 0.567. The molecule has 1 aliphatic heterocycles. The van der Waals surface area contributed by atoms with Gasteiger partial charge in [0.15, 0.2) is 11.4 Å². The first kappa shape index (κ1) is 21.2. The van der Waals surface area contributed by atoms with Crippen LogP contribution in [-0.2, 0) is 0 Å². The molecule has 2 heterocycles. The molecule has 4 rings (SSSR count). The summed E-state index contributed by atoms with van der Waals surface area (Å²) in [5.41, 5.74) is 1.90. The van der Waals surface area contributed by atoms with E-state index in [1.807, 2.05) is 31.2 Å². The molecule has 1 amide bonds. The van der Waals surface area contributed by atoms with Gasteiger partial charge in [-0.05, 0) is 42.8 Å². The highest BCUT2D eigenvalue weighted by Gasteiger charge is 2.28. The Labute approximate surface area is 185 Å². The molecule has 0 N–H and O–H groups in total. The van der Waals surface area contributed by atoms with Crippen molar-refractivity contribution in [3.63, 3.8) is 0 Å². The summed E-state index contributed by atoms with van der Waals surface area (Å²) in [6, 6.07) is 13.7. The maximum atomic E-state index is 13.3. The van der Waals surface area contributed by atoms with E-state index < -0.39 is 0 Å². The van der Waals surface area contributed by atoms with Gasteiger partial charge in [0.25, 0.3) is 5.91 Å². The summed E-state index contributed by atoms with van der Waals surface area (Å²) >= 11 is 6.32. The average Bonchev–Trinajstić information content (AvgIpc) is 3.22. The highest BCUT2D eigenvalue weighted by molar-refractivity contribution is 6.33. The number of ether oxygens (including phenoxy) is 1. The van der Waals surface area contributed by atoms with E-state index in [0.29, 0.717) is 49.2 Å². The number of amides is 1. The van der Waals surface area contributed by atoms with Crippen molar-refractivity contribution in [2.75, 3.05) is 37.7 Å². The predicted octanol–water partition coefficient (Wildman–Crippen LogP) is 4.42. The Hall–Kier alpha value is -3.06. The van der Waals surface area contributed by atoms with E-state index in [0.717, 1.165) is 12.1 Å². The number of benzene rings is 2. The normalized spacial score (nSPS) is 14.0. The molecule has 6 nitrogen and oxygen atoms in total. The number of nitrogens with zero attached hydrogens (tertiary/aromatic N) is 4. The molecule has 31 heavy (non-hydrogen) atoms. The number of para-hydroxylation sites is 1. The zero-order valence-corrected chi connectivity index (χ0v) is 18.1. The van der Waals surface area contributed by atoms with Crippen LogP contribution in [-0.4, -0.2) is 53.4 Å². The fraction of sp³-hybridized carbons (Fsp3) is 0.304. The second-order valence-electron chi connectivity index (χ2n) is 7.34. The van der Waals surface area contributed by atoms with Gasteiger partial charge in [-0.2, -0.15) is 5.10 Å². The minimum absolute atomic E-state index is 0.175. The topological polar surface area (TPSA) is 50.6 Å². The Morgan fingerprint density at radius 1 is 1.10 bits per heavy atom. The number of carbonyl (C=O) groups is 1. The first-order valence-electron chi connectivity index (χ1n) is 10.3. The lowest BCUT2D eigenvalue weighted by Gasteiger charge is -2.36. The fourth-order valence-electron chi connectivity index (χ4n) is 3.56. The van der Waals surface area contributed by atoms with Crippen molar-refractivity contribution in [1.82, 2.24) is 14.7 Å². The van der Waals surface area contributed by atoms with Crippen LogP contribution in [0, 0.1) is 5.82 Å². The molecule has 0 saturated carbocycles. The van der Waals surface area contributed by atoms with Gasteiger partial charge >= 0.3 is 0 Å². The van der Waals surface area contributed by atoms with Crippen LogP contribution in [0.4, 0.5) is 10.1 Å². The maximum Gasteiger partial charge on any atom is 0.278 e. The molecule has 0 radical (unpaired) electrons. The molecule has 1 saturated heterocycles. The molecule has 162 valence electrons. The van der Waals surface area contributed by atoms with Crippen LogP contribution in [0.3, 0.4) is 0 Å².